The summed E-state index contributed by atoms with van der Waals surface area (Å²) in [5.41, 5.74) is 2.97. The molecule has 3 fully saturated rings. The quantitative estimate of drug-likeness (QED) is 0.558. The molecule has 0 bridgehead atoms. The molecular weight excluding hydrogens is 542 g/mol. The molecule has 2 saturated heterocycles. The molecule has 1 aliphatic carbocycles. The SMILES string of the molecule is O=C(c1cc(NC2CCN(C(=O)C3CCC(F)(F)CC3)CC2)ncn1)N1CC[C@@H](N2CCc3ccccc3C2)[C@H](O)C1. The van der Waals surface area contributed by atoms with E-state index in [1.807, 2.05) is 0 Å². The molecule has 1 aromatic heterocycles. The summed E-state index contributed by atoms with van der Waals surface area (Å²) in [5.74, 6) is -2.61. The number of halogens is 2. The van der Waals surface area contributed by atoms with Crippen molar-refractivity contribution >= 4 is 17.6 Å². The van der Waals surface area contributed by atoms with Crippen LogP contribution in [0, 0.1) is 5.92 Å². The Morgan fingerprint density at radius 2 is 1.64 bits per heavy atom. The van der Waals surface area contributed by atoms with E-state index in [2.05, 4.69) is 44.5 Å². The Morgan fingerprint density at radius 1 is 0.929 bits per heavy atom. The predicted octanol–water partition coefficient (Wildman–Crippen LogP) is 3.34. The fraction of sp³-hybridized carbons (Fsp3) is 0.613. The normalized spacial score (nSPS) is 25.6. The number of carbonyl (C=O) groups is 2. The van der Waals surface area contributed by atoms with Gasteiger partial charge in [0, 0.05) is 76.2 Å². The monoisotopic (exact) mass is 582 g/mol. The molecule has 1 saturated carbocycles. The van der Waals surface area contributed by atoms with Gasteiger partial charge in [0.1, 0.15) is 17.8 Å². The first-order chi connectivity index (χ1) is 20.3. The second-order valence-corrected chi connectivity index (χ2v) is 12.3. The summed E-state index contributed by atoms with van der Waals surface area (Å²) >= 11 is 0. The number of aliphatic hydroxyl groups excluding tert-OH is 1. The van der Waals surface area contributed by atoms with Crippen LogP contribution >= 0.6 is 0 Å². The van der Waals surface area contributed by atoms with Gasteiger partial charge in [-0.3, -0.25) is 14.5 Å². The third-order valence-electron chi connectivity index (χ3n) is 9.57. The third kappa shape index (κ3) is 6.41. The first kappa shape index (κ1) is 28.9. The Hall–Kier alpha value is -3.18. The molecule has 2 amide bonds. The number of likely N-dealkylation sites (tertiary alicyclic amines) is 2. The van der Waals surface area contributed by atoms with Gasteiger partial charge in [0.15, 0.2) is 0 Å². The number of hydrogen-bond donors (Lipinski definition) is 2. The Kier molecular flexibility index (Phi) is 8.40. The average molecular weight is 583 g/mol. The van der Waals surface area contributed by atoms with Gasteiger partial charge < -0.3 is 20.2 Å². The third-order valence-corrected chi connectivity index (χ3v) is 9.57. The van der Waals surface area contributed by atoms with Crippen LogP contribution in [-0.2, 0) is 17.8 Å². The Labute approximate surface area is 245 Å². The smallest absolute Gasteiger partial charge is 0.272 e. The molecule has 9 nitrogen and oxygen atoms in total. The Morgan fingerprint density at radius 3 is 2.38 bits per heavy atom. The van der Waals surface area contributed by atoms with Gasteiger partial charge in [-0.25, -0.2) is 18.7 Å². The number of hydrogen-bond acceptors (Lipinski definition) is 7. The van der Waals surface area contributed by atoms with Gasteiger partial charge in [0.2, 0.25) is 11.8 Å². The van der Waals surface area contributed by atoms with E-state index in [0.29, 0.717) is 44.7 Å². The van der Waals surface area contributed by atoms with E-state index >= 15 is 0 Å². The second kappa shape index (κ2) is 12.2. The number of nitrogens with one attached hydrogen (secondary N) is 1. The molecule has 2 aromatic rings. The van der Waals surface area contributed by atoms with Crippen LogP contribution in [0.4, 0.5) is 14.6 Å². The number of piperidine rings is 2. The molecule has 0 unspecified atom stereocenters. The molecule has 4 heterocycles. The first-order valence-electron chi connectivity index (χ1n) is 15.3. The summed E-state index contributed by atoms with van der Waals surface area (Å²) in [6.45, 7) is 3.67. The van der Waals surface area contributed by atoms with Crippen molar-refractivity contribution in [3.63, 3.8) is 0 Å². The molecule has 2 atom stereocenters. The van der Waals surface area contributed by atoms with Crippen molar-refractivity contribution in [2.24, 2.45) is 5.92 Å². The molecule has 4 aliphatic rings. The highest BCUT2D eigenvalue weighted by Gasteiger charge is 2.39. The number of aromatic nitrogens is 2. The summed E-state index contributed by atoms with van der Waals surface area (Å²) < 4.78 is 27.0. The van der Waals surface area contributed by atoms with Crippen LogP contribution in [0.25, 0.3) is 0 Å². The molecule has 3 aliphatic heterocycles. The van der Waals surface area contributed by atoms with E-state index in [-0.39, 0.29) is 67.7 Å². The topological polar surface area (TPSA) is 102 Å². The minimum Gasteiger partial charge on any atom is -0.390 e. The molecular formula is C31H40F2N6O3. The van der Waals surface area contributed by atoms with Gasteiger partial charge in [0.25, 0.3) is 5.91 Å². The maximum atomic E-state index is 13.5. The van der Waals surface area contributed by atoms with Crippen molar-refractivity contribution in [1.82, 2.24) is 24.7 Å². The van der Waals surface area contributed by atoms with Crippen molar-refractivity contribution in [1.29, 1.82) is 0 Å². The zero-order valence-corrected chi connectivity index (χ0v) is 23.9. The maximum Gasteiger partial charge on any atom is 0.272 e. The number of carbonyl (C=O) groups excluding carboxylic acids is 2. The molecule has 1 aromatic carbocycles. The molecule has 6 rings (SSSR count). The molecule has 2 N–H and O–H groups in total. The van der Waals surface area contributed by atoms with Crippen molar-refractivity contribution in [3.05, 3.63) is 53.5 Å². The van der Waals surface area contributed by atoms with E-state index in [4.69, 9.17) is 0 Å². The number of anilines is 1. The fourth-order valence-electron chi connectivity index (χ4n) is 7.04. The zero-order chi connectivity index (χ0) is 29.3. The van der Waals surface area contributed by atoms with Gasteiger partial charge in [0.05, 0.1) is 6.10 Å². The lowest BCUT2D eigenvalue weighted by Crippen LogP contribution is -2.56. The van der Waals surface area contributed by atoms with Crippen LogP contribution in [-0.4, -0.2) is 98.4 Å². The fourth-order valence-corrected chi connectivity index (χ4v) is 7.04. The Bertz CT molecular complexity index is 1280. The maximum absolute atomic E-state index is 13.5. The number of alkyl halides is 2. The number of nitrogens with zero attached hydrogens (tertiary/aromatic N) is 5. The minimum atomic E-state index is -2.64. The van der Waals surface area contributed by atoms with Gasteiger partial charge in [-0.1, -0.05) is 24.3 Å². The van der Waals surface area contributed by atoms with Crippen molar-refractivity contribution in [3.8, 4) is 0 Å². The van der Waals surface area contributed by atoms with Crippen LogP contribution in [0.1, 0.15) is 66.6 Å². The van der Waals surface area contributed by atoms with Crippen LogP contribution in [0.15, 0.2) is 36.7 Å². The highest BCUT2D eigenvalue weighted by molar-refractivity contribution is 5.93. The molecule has 226 valence electrons. The summed E-state index contributed by atoms with van der Waals surface area (Å²) in [6, 6.07) is 10.2. The summed E-state index contributed by atoms with van der Waals surface area (Å²) in [6.07, 6.45) is 3.92. The van der Waals surface area contributed by atoms with Crippen LogP contribution < -0.4 is 5.32 Å². The summed E-state index contributed by atoms with van der Waals surface area (Å²) in [7, 11) is 0. The van der Waals surface area contributed by atoms with Crippen molar-refractivity contribution < 1.29 is 23.5 Å². The van der Waals surface area contributed by atoms with Crippen LogP contribution in [0.3, 0.4) is 0 Å². The van der Waals surface area contributed by atoms with Crippen LogP contribution in [0.5, 0.6) is 0 Å². The standard InChI is InChI=1S/C31H40F2N6O3/c32-31(33)11-5-22(6-12-31)29(41)37-14-8-24(9-15-37)36-28-17-25(34-20-35-28)30(42)39-16-10-26(27(40)19-39)38-13-7-21-3-1-2-4-23(21)18-38/h1-4,17,20,22,24,26-27,40H,5-16,18-19H2,(H,34,35,36)/t26-,27-/m1/s1. The number of aliphatic hydroxyl groups is 1. The lowest BCUT2D eigenvalue weighted by molar-refractivity contribution is -0.140. The summed E-state index contributed by atoms with van der Waals surface area (Å²) in [4.78, 5) is 40.5. The number of benzene rings is 1. The summed E-state index contributed by atoms with van der Waals surface area (Å²) in [5, 5.41) is 14.4. The lowest BCUT2D eigenvalue weighted by Gasteiger charge is -2.43. The Balaban J connectivity index is 0.988. The van der Waals surface area contributed by atoms with E-state index in [0.717, 1.165) is 19.5 Å². The highest BCUT2D eigenvalue weighted by Crippen LogP contribution is 2.37. The molecule has 0 radical (unpaired) electrons. The van der Waals surface area contributed by atoms with E-state index in [1.54, 1.807) is 15.9 Å². The van der Waals surface area contributed by atoms with Crippen LogP contribution in [0.2, 0.25) is 0 Å². The van der Waals surface area contributed by atoms with Gasteiger partial charge in [-0.2, -0.15) is 0 Å². The molecule has 42 heavy (non-hydrogen) atoms. The van der Waals surface area contributed by atoms with Gasteiger partial charge in [-0.05, 0) is 49.7 Å². The highest BCUT2D eigenvalue weighted by atomic mass is 19.3. The molecule has 0 spiro atoms. The number of amides is 2. The van der Waals surface area contributed by atoms with Crippen molar-refractivity contribution in [2.75, 3.05) is 38.0 Å². The largest absolute Gasteiger partial charge is 0.390 e. The van der Waals surface area contributed by atoms with E-state index in [1.165, 1.54) is 17.5 Å². The van der Waals surface area contributed by atoms with E-state index in [9.17, 15) is 23.5 Å². The number of fused-ring (bicyclic) bond motifs is 1. The average Bonchev–Trinajstić information content (AvgIpc) is 3.00. The van der Waals surface area contributed by atoms with Gasteiger partial charge >= 0.3 is 0 Å². The minimum absolute atomic E-state index is 0.00469. The number of β-amino-alcohol motifs (C(OH)–C–C–N with tert-alkyl or cyclic N) is 1. The predicted molar refractivity (Wildman–Crippen MR) is 153 cm³/mol. The zero-order valence-electron chi connectivity index (χ0n) is 23.9. The van der Waals surface area contributed by atoms with E-state index < -0.39 is 12.0 Å². The van der Waals surface area contributed by atoms with Gasteiger partial charge in [-0.15, -0.1) is 0 Å². The second-order valence-electron chi connectivity index (χ2n) is 12.3. The van der Waals surface area contributed by atoms with Crippen molar-refractivity contribution in [2.45, 2.75) is 82.0 Å². The molecule has 11 heteroatoms. The lowest BCUT2D eigenvalue weighted by atomic mass is 9.85. The number of rotatable bonds is 5. The first-order valence-corrected chi connectivity index (χ1v) is 15.3.